The first-order valence-corrected chi connectivity index (χ1v) is 12.9. The van der Waals surface area contributed by atoms with Crippen LogP contribution in [0, 0.1) is 23.3 Å². The van der Waals surface area contributed by atoms with E-state index in [2.05, 4.69) is 6.92 Å². The van der Waals surface area contributed by atoms with Crippen LogP contribution >= 0.6 is 0 Å². The Labute approximate surface area is 203 Å². The second-order valence-corrected chi connectivity index (χ2v) is 9.53. The van der Waals surface area contributed by atoms with Gasteiger partial charge in [0, 0.05) is 0 Å². The van der Waals surface area contributed by atoms with Crippen LogP contribution in [0.5, 0.6) is 0 Å². The summed E-state index contributed by atoms with van der Waals surface area (Å²) in [6.07, 6.45) is 10.9. The molecular weight excluding hydrogens is 448 g/mol. The maximum atomic E-state index is 13.9. The molecule has 1 rings (SSSR count). The number of hydrogen-bond acceptors (Lipinski definition) is 3. The van der Waals surface area contributed by atoms with Crippen molar-refractivity contribution in [3.8, 4) is 0 Å². The fourth-order valence-corrected chi connectivity index (χ4v) is 3.80. The molecule has 0 fully saturated rings. The lowest BCUT2D eigenvalue weighted by Gasteiger charge is -2.28. The Hall–Kier alpha value is -1.18. The van der Waals surface area contributed by atoms with E-state index in [4.69, 9.17) is 14.2 Å². The van der Waals surface area contributed by atoms with Crippen molar-refractivity contribution >= 4 is 0 Å². The fraction of sp³-hybridized carbons (Fsp3) is 0.778. The second-order valence-electron chi connectivity index (χ2n) is 9.53. The third-order valence-corrected chi connectivity index (χ3v) is 5.60. The van der Waals surface area contributed by atoms with Crippen LogP contribution in [0.4, 0.5) is 17.6 Å². The summed E-state index contributed by atoms with van der Waals surface area (Å²) in [6, 6.07) is 0.739. The minimum atomic E-state index is -1.77. The lowest BCUT2D eigenvalue weighted by molar-refractivity contribution is -0.327. The van der Waals surface area contributed by atoms with Crippen molar-refractivity contribution in [3.05, 3.63) is 34.9 Å². The third-order valence-electron chi connectivity index (χ3n) is 5.60. The zero-order chi connectivity index (χ0) is 25.5. The molecule has 0 spiro atoms. The number of ether oxygens (including phenoxy) is 3. The summed E-state index contributed by atoms with van der Waals surface area (Å²) in [5, 5.41) is 0. The van der Waals surface area contributed by atoms with Crippen molar-refractivity contribution in [2.75, 3.05) is 0 Å². The number of rotatable bonds is 19. The van der Waals surface area contributed by atoms with Crippen LogP contribution in [0.25, 0.3) is 0 Å². The Morgan fingerprint density at radius 2 is 1.18 bits per heavy atom. The molecule has 0 N–H and O–H groups in total. The quantitative estimate of drug-likeness (QED) is 0.0636. The molecule has 1 unspecified atom stereocenters. The Balaban J connectivity index is 2.62. The maximum absolute atomic E-state index is 13.9. The van der Waals surface area contributed by atoms with Crippen molar-refractivity contribution in [1.82, 2.24) is 0 Å². The van der Waals surface area contributed by atoms with Crippen molar-refractivity contribution in [1.29, 1.82) is 0 Å². The minimum Gasteiger partial charge on any atom is -0.327 e. The summed E-state index contributed by atoms with van der Waals surface area (Å²) in [4.78, 5) is 0. The van der Waals surface area contributed by atoms with Gasteiger partial charge in [-0.15, -0.1) is 0 Å². The van der Waals surface area contributed by atoms with Gasteiger partial charge in [-0.05, 0) is 65.0 Å². The molecular formula is C27H44F4O3. The van der Waals surface area contributed by atoms with Crippen molar-refractivity contribution in [2.24, 2.45) is 0 Å². The smallest absolute Gasteiger partial charge is 0.272 e. The van der Waals surface area contributed by atoms with Gasteiger partial charge in [-0.2, -0.15) is 0 Å². The minimum absolute atomic E-state index is 0.0609. The van der Waals surface area contributed by atoms with Gasteiger partial charge in [-0.25, -0.2) is 17.6 Å². The van der Waals surface area contributed by atoms with Crippen molar-refractivity contribution < 1.29 is 31.8 Å². The molecule has 3 nitrogen and oxygen atoms in total. The number of hydrogen-bond donors (Lipinski definition) is 0. The average Bonchev–Trinajstić information content (AvgIpc) is 2.76. The molecule has 0 saturated heterocycles. The Kier molecular flexibility index (Phi) is 15.7. The molecule has 34 heavy (non-hydrogen) atoms. The number of unbranched alkanes of at least 4 members (excludes halogenated alkanes) is 7. The highest BCUT2D eigenvalue weighted by Gasteiger charge is 2.21. The first-order chi connectivity index (χ1) is 16.1. The summed E-state index contributed by atoms with van der Waals surface area (Å²) >= 11 is 0. The third kappa shape index (κ3) is 12.5. The van der Waals surface area contributed by atoms with Gasteiger partial charge in [0.2, 0.25) is 0 Å². The van der Waals surface area contributed by atoms with Gasteiger partial charge >= 0.3 is 0 Å². The van der Waals surface area contributed by atoms with Crippen LogP contribution in [0.15, 0.2) is 6.07 Å². The molecule has 0 aromatic heterocycles. The van der Waals surface area contributed by atoms with Gasteiger partial charge < -0.3 is 14.2 Å². The number of halogens is 4. The van der Waals surface area contributed by atoms with Crippen LogP contribution in [0.2, 0.25) is 0 Å². The molecule has 0 aliphatic heterocycles. The van der Waals surface area contributed by atoms with Gasteiger partial charge in [-0.1, -0.05) is 58.3 Å². The van der Waals surface area contributed by atoms with Gasteiger partial charge in [0.15, 0.2) is 23.3 Å². The van der Waals surface area contributed by atoms with E-state index in [9.17, 15) is 17.6 Å². The zero-order valence-corrected chi connectivity index (χ0v) is 21.6. The van der Waals surface area contributed by atoms with E-state index in [0.29, 0.717) is 19.3 Å². The summed E-state index contributed by atoms with van der Waals surface area (Å²) < 4.78 is 71.7. The molecule has 0 aliphatic rings. The summed E-state index contributed by atoms with van der Waals surface area (Å²) in [7, 11) is 0. The monoisotopic (exact) mass is 492 g/mol. The SMILES string of the molecule is CCCCCCCCCC(CCCCc1cc(F)c(F)c(F)c1F)OC(OC(C)C)OC(C)C. The van der Waals surface area contributed by atoms with Crippen molar-refractivity contribution in [2.45, 2.75) is 136 Å². The Bertz CT molecular complexity index is 672. The lowest BCUT2D eigenvalue weighted by Crippen LogP contribution is -2.31. The predicted octanol–water partition coefficient (Wildman–Crippen LogP) is 8.62. The predicted molar refractivity (Wildman–Crippen MR) is 128 cm³/mol. The fourth-order valence-electron chi connectivity index (χ4n) is 3.80. The topological polar surface area (TPSA) is 27.7 Å². The zero-order valence-electron chi connectivity index (χ0n) is 21.6. The van der Waals surface area contributed by atoms with E-state index in [-0.39, 0.29) is 30.3 Å². The first-order valence-electron chi connectivity index (χ1n) is 12.9. The molecule has 1 atom stereocenters. The van der Waals surface area contributed by atoms with Crippen LogP contribution in [0.3, 0.4) is 0 Å². The maximum Gasteiger partial charge on any atom is 0.272 e. The van der Waals surface area contributed by atoms with Crippen LogP contribution < -0.4 is 0 Å². The molecule has 1 aromatic carbocycles. The van der Waals surface area contributed by atoms with Crippen molar-refractivity contribution in [3.63, 3.8) is 0 Å². The van der Waals surface area contributed by atoms with E-state index >= 15 is 0 Å². The lowest BCUT2D eigenvalue weighted by atomic mass is 10.0. The van der Waals surface area contributed by atoms with Crippen LogP contribution in [0.1, 0.15) is 111 Å². The largest absolute Gasteiger partial charge is 0.327 e. The van der Waals surface area contributed by atoms with E-state index in [1.807, 2.05) is 27.7 Å². The highest BCUT2D eigenvalue weighted by molar-refractivity contribution is 5.21. The Morgan fingerprint density at radius 1 is 0.647 bits per heavy atom. The molecule has 0 amide bonds. The molecule has 198 valence electrons. The van der Waals surface area contributed by atoms with Gasteiger partial charge in [-0.3, -0.25) is 0 Å². The number of benzene rings is 1. The van der Waals surface area contributed by atoms with Gasteiger partial charge in [0.25, 0.3) is 6.48 Å². The van der Waals surface area contributed by atoms with Crippen LogP contribution in [-0.4, -0.2) is 24.8 Å². The summed E-state index contributed by atoms with van der Waals surface area (Å²) in [6.45, 7) is 9.10. The van der Waals surface area contributed by atoms with E-state index < -0.39 is 29.7 Å². The second kappa shape index (κ2) is 17.3. The van der Waals surface area contributed by atoms with E-state index in [0.717, 1.165) is 25.3 Å². The average molecular weight is 493 g/mol. The molecule has 0 heterocycles. The molecule has 0 aliphatic carbocycles. The Morgan fingerprint density at radius 3 is 1.74 bits per heavy atom. The van der Waals surface area contributed by atoms with E-state index in [1.54, 1.807) is 0 Å². The molecule has 7 heteroatoms. The standard InChI is InChI=1S/C27H44F4O3/c1-6-7-8-9-10-11-12-16-22(34-27(32-19(2)3)33-20(4)5)17-14-13-15-21-18-23(28)25(30)26(31)24(21)29/h18-20,22,27H,6-17H2,1-5H3. The highest BCUT2D eigenvalue weighted by atomic mass is 19.2. The highest BCUT2D eigenvalue weighted by Crippen LogP contribution is 2.23. The normalized spacial score (nSPS) is 12.9. The summed E-state index contributed by atoms with van der Waals surface area (Å²) in [5.41, 5.74) is -0.148. The molecule has 1 aromatic rings. The number of aryl methyl sites for hydroxylation is 1. The molecule has 0 bridgehead atoms. The van der Waals surface area contributed by atoms with E-state index in [1.165, 1.54) is 32.1 Å². The van der Waals surface area contributed by atoms with Crippen LogP contribution in [-0.2, 0) is 20.6 Å². The first kappa shape index (κ1) is 30.9. The summed E-state index contributed by atoms with van der Waals surface area (Å²) in [5.74, 6) is -6.21. The van der Waals surface area contributed by atoms with Gasteiger partial charge in [0.05, 0.1) is 18.3 Å². The molecule has 0 radical (unpaired) electrons. The van der Waals surface area contributed by atoms with Gasteiger partial charge in [0.1, 0.15) is 0 Å². The molecule has 0 saturated carbocycles.